The van der Waals surface area contributed by atoms with Crippen LogP contribution in [0.5, 0.6) is 0 Å². The lowest BCUT2D eigenvalue weighted by Gasteiger charge is -2.22. The van der Waals surface area contributed by atoms with Crippen molar-refractivity contribution in [3.63, 3.8) is 0 Å². The maximum atomic E-state index is 12.3. The number of carbonyl (C=O) groups is 2. The van der Waals surface area contributed by atoms with Crippen LogP contribution in [0.25, 0.3) is 0 Å². The molecule has 0 bridgehead atoms. The van der Waals surface area contributed by atoms with E-state index in [1.807, 2.05) is 32.9 Å². The van der Waals surface area contributed by atoms with E-state index < -0.39 is 11.8 Å². The molecule has 5 heteroatoms. The number of amides is 2. The van der Waals surface area contributed by atoms with Crippen LogP contribution in [0.1, 0.15) is 54.4 Å². The summed E-state index contributed by atoms with van der Waals surface area (Å²) in [4.78, 5) is 26.9. The minimum atomic E-state index is -0.614. The molecule has 2 aromatic rings. The molecule has 1 aliphatic rings. The third-order valence-corrected chi connectivity index (χ3v) is 5.96. The first-order valence-corrected chi connectivity index (χ1v) is 11.4. The Hall–Kier alpha value is -2.82. The molecule has 5 nitrogen and oxygen atoms in total. The summed E-state index contributed by atoms with van der Waals surface area (Å²) in [6.45, 7) is 8.66. The molecule has 0 atom stereocenters. The summed E-state index contributed by atoms with van der Waals surface area (Å²) >= 11 is 0. The van der Waals surface area contributed by atoms with Crippen molar-refractivity contribution >= 4 is 23.2 Å². The molecular formula is C26H35N3O2. The maximum Gasteiger partial charge on any atom is 0.313 e. The fourth-order valence-electron chi connectivity index (χ4n) is 4.32. The molecule has 1 saturated heterocycles. The summed E-state index contributed by atoms with van der Waals surface area (Å²) in [5.74, 6) is -1.20. The zero-order chi connectivity index (χ0) is 22.2. The number of carbonyl (C=O) groups excluding carboxylic acids is 2. The van der Waals surface area contributed by atoms with Gasteiger partial charge in [-0.1, -0.05) is 42.7 Å². The topological polar surface area (TPSA) is 61.4 Å². The number of anilines is 2. The number of aryl methyl sites for hydroxylation is 4. The summed E-state index contributed by atoms with van der Waals surface area (Å²) < 4.78 is 0. The standard InChI is InChI=1S/C26H35N3O2/c1-19-17-20(2)24(21(3)18-19)28-26(31)25(30)27-14-8-9-22-10-12-23(13-11-22)29-15-6-4-5-7-16-29/h10-13,17-18H,4-9,14-16H2,1-3H3,(H,27,30)(H,28,31). The summed E-state index contributed by atoms with van der Waals surface area (Å²) in [5.41, 5.74) is 6.33. The first-order valence-electron chi connectivity index (χ1n) is 11.4. The number of benzene rings is 2. The van der Waals surface area contributed by atoms with Crippen LogP contribution < -0.4 is 15.5 Å². The Kier molecular flexibility index (Phi) is 8.10. The Balaban J connectivity index is 1.42. The van der Waals surface area contributed by atoms with E-state index in [2.05, 4.69) is 39.8 Å². The molecule has 166 valence electrons. The molecule has 3 rings (SSSR count). The van der Waals surface area contributed by atoms with Gasteiger partial charge in [0.2, 0.25) is 0 Å². The molecule has 0 unspecified atom stereocenters. The predicted octanol–water partition coefficient (Wildman–Crippen LogP) is 4.68. The van der Waals surface area contributed by atoms with Crippen molar-refractivity contribution in [1.29, 1.82) is 0 Å². The summed E-state index contributed by atoms with van der Waals surface area (Å²) in [6, 6.07) is 12.8. The van der Waals surface area contributed by atoms with Crippen molar-refractivity contribution in [2.75, 3.05) is 29.9 Å². The van der Waals surface area contributed by atoms with Crippen LogP contribution in [0.4, 0.5) is 11.4 Å². The molecule has 31 heavy (non-hydrogen) atoms. The SMILES string of the molecule is Cc1cc(C)c(NC(=O)C(=O)NCCCc2ccc(N3CCCCCC3)cc2)c(C)c1. The normalized spacial score (nSPS) is 14.1. The molecule has 0 aliphatic carbocycles. The summed E-state index contributed by atoms with van der Waals surface area (Å²) in [7, 11) is 0. The van der Waals surface area contributed by atoms with Gasteiger partial charge in [0.15, 0.2) is 0 Å². The Labute approximate surface area is 186 Å². The van der Waals surface area contributed by atoms with Crippen LogP contribution in [0.15, 0.2) is 36.4 Å². The highest BCUT2D eigenvalue weighted by molar-refractivity contribution is 6.39. The molecule has 2 N–H and O–H groups in total. The van der Waals surface area contributed by atoms with Crippen molar-refractivity contribution in [3.8, 4) is 0 Å². The average Bonchev–Trinajstić information content (AvgIpc) is 3.03. The first kappa shape index (κ1) is 22.9. The summed E-state index contributed by atoms with van der Waals surface area (Å²) in [6.07, 6.45) is 6.89. The van der Waals surface area contributed by atoms with Gasteiger partial charge >= 0.3 is 11.8 Å². The third kappa shape index (κ3) is 6.58. The van der Waals surface area contributed by atoms with Gasteiger partial charge in [0.1, 0.15) is 0 Å². The van der Waals surface area contributed by atoms with Gasteiger partial charge in [-0.15, -0.1) is 0 Å². The Morgan fingerprint density at radius 1 is 0.871 bits per heavy atom. The van der Waals surface area contributed by atoms with Gasteiger partial charge in [-0.25, -0.2) is 0 Å². The van der Waals surface area contributed by atoms with Crippen molar-refractivity contribution < 1.29 is 9.59 Å². The molecule has 0 spiro atoms. The van der Waals surface area contributed by atoms with Crippen LogP contribution in [0, 0.1) is 20.8 Å². The lowest BCUT2D eigenvalue weighted by molar-refractivity contribution is -0.136. The molecule has 1 fully saturated rings. The highest BCUT2D eigenvalue weighted by Crippen LogP contribution is 2.22. The molecule has 0 saturated carbocycles. The van der Waals surface area contributed by atoms with Gasteiger partial charge in [0, 0.05) is 31.0 Å². The summed E-state index contributed by atoms with van der Waals surface area (Å²) in [5, 5.41) is 5.48. The van der Waals surface area contributed by atoms with E-state index in [-0.39, 0.29) is 0 Å². The van der Waals surface area contributed by atoms with Gasteiger partial charge in [0.05, 0.1) is 0 Å². The van der Waals surface area contributed by atoms with Crippen molar-refractivity contribution in [2.24, 2.45) is 0 Å². The highest BCUT2D eigenvalue weighted by atomic mass is 16.2. The smallest absolute Gasteiger partial charge is 0.313 e. The number of nitrogens with zero attached hydrogens (tertiary/aromatic N) is 1. The molecule has 2 amide bonds. The zero-order valence-corrected chi connectivity index (χ0v) is 19.1. The largest absolute Gasteiger partial charge is 0.372 e. The number of nitrogens with one attached hydrogen (secondary N) is 2. The number of hydrogen-bond donors (Lipinski definition) is 2. The van der Waals surface area contributed by atoms with E-state index in [0.29, 0.717) is 6.54 Å². The third-order valence-electron chi connectivity index (χ3n) is 5.96. The van der Waals surface area contributed by atoms with E-state index in [4.69, 9.17) is 0 Å². The van der Waals surface area contributed by atoms with Crippen LogP contribution >= 0.6 is 0 Å². The van der Waals surface area contributed by atoms with Crippen molar-refractivity contribution in [1.82, 2.24) is 5.32 Å². The first-order chi connectivity index (χ1) is 14.9. The quantitative estimate of drug-likeness (QED) is 0.526. The van der Waals surface area contributed by atoms with Gasteiger partial charge in [-0.3, -0.25) is 9.59 Å². The van der Waals surface area contributed by atoms with Gasteiger partial charge < -0.3 is 15.5 Å². The average molecular weight is 422 g/mol. The van der Waals surface area contributed by atoms with E-state index in [0.717, 1.165) is 48.3 Å². The van der Waals surface area contributed by atoms with Crippen molar-refractivity contribution in [3.05, 3.63) is 58.7 Å². The van der Waals surface area contributed by atoms with E-state index in [1.54, 1.807) is 0 Å². The second kappa shape index (κ2) is 11.0. The van der Waals surface area contributed by atoms with Crippen LogP contribution in [-0.4, -0.2) is 31.4 Å². The number of rotatable bonds is 6. The van der Waals surface area contributed by atoms with E-state index >= 15 is 0 Å². The number of hydrogen-bond acceptors (Lipinski definition) is 3. The van der Waals surface area contributed by atoms with E-state index in [9.17, 15) is 9.59 Å². The lowest BCUT2D eigenvalue weighted by atomic mass is 10.1. The van der Waals surface area contributed by atoms with Crippen LogP contribution in [0.3, 0.4) is 0 Å². The fourth-order valence-corrected chi connectivity index (χ4v) is 4.32. The van der Waals surface area contributed by atoms with Crippen LogP contribution in [0.2, 0.25) is 0 Å². The Bertz CT molecular complexity index is 874. The minimum absolute atomic E-state index is 0.478. The molecule has 0 radical (unpaired) electrons. The minimum Gasteiger partial charge on any atom is -0.372 e. The van der Waals surface area contributed by atoms with E-state index in [1.165, 1.54) is 36.9 Å². The van der Waals surface area contributed by atoms with Gasteiger partial charge in [0.25, 0.3) is 0 Å². The van der Waals surface area contributed by atoms with Crippen molar-refractivity contribution in [2.45, 2.75) is 59.3 Å². The lowest BCUT2D eigenvalue weighted by Crippen LogP contribution is -2.36. The molecule has 1 heterocycles. The molecular weight excluding hydrogens is 386 g/mol. The molecule has 0 aromatic heterocycles. The monoisotopic (exact) mass is 421 g/mol. The fraction of sp³-hybridized carbons (Fsp3) is 0.462. The second-order valence-electron chi connectivity index (χ2n) is 8.66. The van der Waals surface area contributed by atoms with Crippen LogP contribution in [-0.2, 0) is 16.0 Å². The Morgan fingerprint density at radius 2 is 1.48 bits per heavy atom. The molecule has 2 aromatic carbocycles. The Morgan fingerprint density at radius 3 is 2.10 bits per heavy atom. The molecule has 1 aliphatic heterocycles. The zero-order valence-electron chi connectivity index (χ0n) is 19.1. The van der Waals surface area contributed by atoms with Gasteiger partial charge in [-0.2, -0.15) is 0 Å². The highest BCUT2D eigenvalue weighted by Gasteiger charge is 2.15. The maximum absolute atomic E-state index is 12.3. The predicted molar refractivity (Wildman–Crippen MR) is 128 cm³/mol. The van der Waals surface area contributed by atoms with Gasteiger partial charge in [-0.05, 0) is 75.3 Å². The second-order valence-corrected chi connectivity index (χ2v) is 8.66.